The zero-order chi connectivity index (χ0) is 14.8. The Balaban J connectivity index is 2.31. The third-order valence-electron chi connectivity index (χ3n) is 2.59. The molecule has 20 heavy (non-hydrogen) atoms. The van der Waals surface area contributed by atoms with Crippen molar-refractivity contribution in [2.75, 3.05) is 12.8 Å². The molecular weight excluding hydrogens is 348 g/mol. The number of rotatable bonds is 5. The Morgan fingerprint density at radius 3 is 2.80 bits per heavy atom. The van der Waals surface area contributed by atoms with Gasteiger partial charge in [-0.15, -0.1) is 0 Å². The first-order valence-corrected chi connectivity index (χ1v) is 7.86. The van der Waals surface area contributed by atoms with Gasteiger partial charge in [-0.1, -0.05) is 0 Å². The molecule has 0 aliphatic heterocycles. The van der Waals surface area contributed by atoms with E-state index in [2.05, 4.69) is 20.7 Å². The Morgan fingerprint density at radius 2 is 2.20 bits per heavy atom. The number of ether oxygens (including phenoxy) is 1. The second kappa shape index (κ2) is 5.86. The van der Waals surface area contributed by atoms with E-state index in [1.54, 1.807) is 12.1 Å². The van der Waals surface area contributed by atoms with Crippen LogP contribution in [0.1, 0.15) is 5.76 Å². The van der Waals surface area contributed by atoms with Crippen LogP contribution in [0.5, 0.6) is 5.75 Å². The third-order valence-corrected chi connectivity index (χ3v) is 4.70. The summed E-state index contributed by atoms with van der Waals surface area (Å²) in [5, 5.41) is 0. The highest BCUT2D eigenvalue weighted by atomic mass is 79.9. The summed E-state index contributed by atoms with van der Waals surface area (Å²) in [6.45, 7) is 0.0501. The van der Waals surface area contributed by atoms with E-state index < -0.39 is 10.0 Å². The van der Waals surface area contributed by atoms with Crippen LogP contribution in [0, 0.1) is 0 Å². The van der Waals surface area contributed by atoms with E-state index in [4.69, 9.17) is 14.9 Å². The molecule has 1 heterocycles. The largest absolute Gasteiger partial charge is 0.495 e. The first-order valence-electron chi connectivity index (χ1n) is 5.59. The molecule has 0 aliphatic carbocycles. The highest BCUT2D eigenvalue weighted by molar-refractivity contribution is 9.10. The molecular formula is C12H13BrN2O4S. The summed E-state index contributed by atoms with van der Waals surface area (Å²) in [4.78, 5) is -0.0211. The Labute approximate surface area is 125 Å². The minimum Gasteiger partial charge on any atom is -0.495 e. The molecule has 0 unspecified atom stereocenters. The average molecular weight is 361 g/mol. The molecule has 2 aromatic rings. The van der Waals surface area contributed by atoms with Gasteiger partial charge in [0.05, 0.1) is 19.9 Å². The number of halogens is 1. The van der Waals surface area contributed by atoms with Crippen molar-refractivity contribution < 1.29 is 17.6 Å². The quantitative estimate of drug-likeness (QED) is 0.796. The lowest BCUT2D eigenvalue weighted by atomic mass is 10.3. The summed E-state index contributed by atoms with van der Waals surface area (Å²) in [6.07, 6.45) is 1.47. The average Bonchev–Trinajstić information content (AvgIpc) is 2.92. The van der Waals surface area contributed by atoms with Crippen LogP contribution in [-0.4, -0.2) is 15.5 Å². The second-order valence-corrected chi connectivity index (χ2v) is 6.52. The zero-order valence-electron chi connectivity index (χ0n) is 10.6. The van der Waals surface area contributed by atoms with E-state index in [9.17, 15) is 8.42 Å². The van der Waals surface area contributed by atoms with E-state index in [-0.39, 0.29) is 17.2 Å². The molecule has 3 N–H and O–H groups in total. The molecule has 108 valence electrons. The van der Waals surface area contributed by atoms with E-state index in [0.29, 0.717) is 15.9 Å². The predicted molar refractivity (Wildman–Crippen MR) is 77.8 cm³/mol. The van der Waals surface area contributed by atoms with Crippen LogP contribution in [0.2, 0.25) is 0 Å². The number of nitrogens with two attached hydrogens (primary N) is 1. The van der Waals surface area contributed by atoms with Gasteiger partial charge in [-0.2, -0.15) is 0 Å². The molecule has 1 aromatic heterocycles. The van der Waals surface area contributed by atoms with Gasteiger partial charge in [0.25, 0.3) is 0 Å². The second-order valence-electron chi connectivity index (χ2n) is 3.93. The molecule has 0 bridgehead atoms. The molecule has 0 radical (unpaired) electrons. The van der Waals surface area contributed by atoms with Crippen molar-refractivity contribution in [3.8, 4) is 5.75 Å². The molecule has 0 amide bonds. The van der Waals surface area contributed by atoms with Crippen molar-refractivity contribution in [3.63, 3.8) is 0 Å². The summed E-state index contributed by atoms with van der Waals surface area (Å²) < 4.78 is 37.7. The molecule has 2 rings (SSSR count). The highest BCUT2D eigenvalue weighted by Gasteiger charge is 2.21. The van der Waals surface area contributed by atoms with Crippen LogP contribution < -0.4 is 15.2 Å². The van der Waals surface area contributed by atoms with Crippen molar-refractivity contribution in [1.82, 2.24) is 4.72 Å². The third kappa shape index (κ3) is 3.14. The van der Waals surface area contributed by atoms with Gasteiger partial charge in [0.2, 0.25) is 10.0 Å². The molecule has 8 heteroatoms. The van der Waals surface area contributed by atoms with E-state index in [0.717, 1.165) is 0 Å². The van der Waals surface area contributed by atoms with Crippen molar-refractivity contribution in [3.05, 3.63) is 40.8 Å². The monoisotopic (exact) mass is 360 g/mol. The van der Waals surface area contributed by atoms with E-state index in [1.807, 2.05) is 0 Å². The summed E-state index contributed by atoms with van der Waals surface area (Å²) in [5.41, 5.74) is 6.03. The molecule has 0 saturated carbocycles. The number of nitrogen functional groups attached to an aromatic ring is 1. The number of nitrogens with one attached hydrogen (secondary N) is 1. The van der Waals surface area contributed by atoms with Crippen LogP contribution in [0.3, 0.4) is 0 Å². The maximum Gasteiger partial charge on any atom is 0.244 e. The van der Waals surface area contributed by atoms with Crippen molar-refractivity contribution in [1.29, 1.82) is 0 Å². The van der Waals surface area contributed by atoms with Gasteiger partial charge in [-0.05, 0) is 40.2 Å². The van der Waals surface area contributed by atoms with Crippen LogP contribution >= 0.6 is 15.9 Å². The van der Waals surface area contributed by atoms with Crippen LogP contribution in [0.4, 0.5) is 5.69 Å². The topological polar surface area (TPSA) is 94.6 Å². The molecule has 0 fully saturated rings. The van der Waals surface area contributed by atoms with Crippen LogP contribution in [0.25, 0.3) is 0 Å². The summed E-state index contributed by atoms with van der Waals surface area (Å²) in [5.74, 6) is 0.718. The normalized spacial score (nSPS) is 11.5. The van der Waals surface area contributed by atoms with Gasteiger partial charge in [-0.3, -0.25) is 0 Å². The van der Waals surface area contributed by atoms with Crippen molar-refractivity contribution in [2.24, 2.45) is 0 Å². The predicted octanol–water partition coefficient (Wildman–Crippen LogP) is 2.11. The summed E-state index contributed by atoms with van der Waals surface area (Å²) in [7, 11) is -2.36. The fourth-order valence-corrected chi connectivity index (χ4v) is 3.08. The smallest absolute Gasteiger partial charge is 0.244 e. The molecule has 6 nitrogen and oxygen atoms in total. The van der Waals surface area contributed by atoms with Crippen molar-refractivity contribution in [2.45, 2.75) is 11.4 Å². The number of hydrogen-bond acceptors (Lipinski definition) is 5. The number of anilines is 1. The van der Waals surface area contributed by atoms with Crippen molar-refractivity contribution >= 4 is 31.6 Å². The lowest BCUT2D eigenvalue weighted by Crippen LogP contribution is -2.23. The maximum atomic E-state index is 12.3. The first-order chi connectivity index (χ1) is 9.44. The number of furan rings is 1. The SMILES string of the molecule is COc1cc(Br)c(N)cc1S(=O)(=O)NCc1ccco1. The Hall–Kier alpha value is -1.51. The van der Waals surface area contributed by atoms with Gasteiger partial charge in [0.15, 0.2) is 0 Å². The fourth-order valence-electron chi connectivity index (χ4n) is 1.58. The number of benzene rings is 1. The van der Waals surface area contributed by atoms with Gasteiger partial charge < -0.3 is 14.9 Å². The first kappa shape index (κ1) is 14.9. The highest BCUT2D eigenvalue weighted by Crippen LogP contribution is 2.32. The van der Waals surface area contributed by atoms with Gasteiger partial charge in [0.1, 0.15) is 16.4 Å². The lowest BCUT2D eigenvalue weighted by molar-refractivity contribution is 0.402. The Bertz CT molecular complexity index is 698. The van der Waals surface area contributed by atoms with E-state index in [1.165, 1.54) is 25.5 Å². The van der Waals surface area contributed by atoms with Crippen LogP contribution in [-0.2, 0) is 16.6 Å². The standard InChI is InChI=1S/C12H13BrN2O4S/c1-18-11-5-9(13)10(14)6-12(11)20(16,17)15-7-8-3-2-4-19-8/h2-6,15H,7,14H2,1H3. The fraction of sp³-hybridized carbons (Fsp3) is 0.167. The van der Waals surface area contributed by atoms with Gasteiger partial charge in [0, 0.05) is 10.2 Å². The van der Waals surface area contributed by atoms with E-state index >= 15 is 0 Å². The van der Waals surface area contributed by atoms with Gasteiger partial charge in [-0.25, -0.2) is 13.1 Å². The maximum absolute atomic E-state index is 12.3. The number of hydrogen-bond donors (Lipinski definition) is 2. The Morgan fingerprint density at radius 1 is 1.45 bits per heavy atom. The molecule has 0 aliphatic rings. The van der Waals surface area contributed by atoms with Crippen LogP contribution in [0.15, 0.2) is 44.3 Å². The molecule has 0 spiro atoms. The number of sulfonamides is 1. The summed E-state index contributed by atoms with van der Waals surface area (Å²) in [6, 6.07) is 6.21. The zero-order valence-corrected chi connectivity index (χ0v) is 13.0. The minimum atomic E-state index is -3.75. The lowest BCUT2D eigenvalue weighted by Gasteiger charge is -2.12. The Kier molecular flexibility index (Phi) is 4.36. The molecule has 0 saturated heterocycles. The summed E-state index contributed by atoms with van der Waals surface area (Å²) >= 11 is 3.22. The molecule has 0 atom stereocenters. The minimum absolute atomic E-state index is 0.0211. The molecule has 1 aromatic carbocycles. The van der Waals surface area contributed by atoms with Gasteiger partial charge >= 0.3 is 0 Å². The number of methoxy groups -OCH3 is 1.